The minimum Gasteiger partial charge on any atom is -0.395 e. The summed E-state index contributed by atoms with van der Waals surface area (Å²) in [5, 5.41) is 8.85. The second-order valence-electron chi connectivity index (χ2n) is 2.83. The van der Waals surface area contributed by atoms with E-state index in [1.165, 1.54) is 0 Å². The second-order valence-corrected chi connectivity index (χ2v) is 2.83. The molecule has 0 fully saturated rings. The van der Waals surface area contributed by atoms with E-state index in [0.717, 1.165) is 6.42 Å². The molecule has 0 aromatic carbocycles. The van der Waals surface area contributed by atoms with Gasteiger partial charge >= 0.3 is 0 Å². The minimum atomic E-state index is 0.384. The van der Waals surface area contributed by atoms with Gasteiger partial charge in [-0.3, -0.25) is 0 Å². The molecule has 0 aliphatic carbocycles. The lowest BCUT2D eigenvalue weighted by Crippen LogP contribution is -2.05. The highest BCUT2D eigenvalue weighted by Crippen LogP contribution is 2.12. The summed E-state index contributed by atoms with van der Waals surface area (Å²) in [5.74, 6) is 0.428. The summed E-state index contributed by atoms with van der Waals surface area (Å²) in [7, 11) is 0. The van der Waals surface area contributed by atoms with Gasteiger partial charge < -0.3 is 5.73 Å². The summed E-state index contributed by atoms with van der Waals surface area (Å²) in [6.07, 6.45) is 4.77. The SMILES string of the molecule is CCC/C(C#N)=C(/N)c1ncccn1. The van der Waals surface area contributed by atoms with Gasteiger partial charge in [-0.15, -0.1) is 0 Å². The Bertz CT molecular complexity index is 361. The van der Waals surface area contributed by atoms with Crippen molar-refractivity contribution in [3.63, 3.8) is 0 Å². The van der Waals surface area contributed by atoms with Crippen molar-refractivity contribution in [2.24, 2.45) is 5.73 Å². The van der Waals surface area contributed by atoms with Gasteiger partial charge in [-0.2, -0.15) is 5.26 Å². The molecule has 4 nitrogen and oxygen atoms in total. The number of nitrogens with zero attached hydrogens (tertiary/aromatic N) is 3. The van der Waals surface area contributed by atoms with Crippen LogP contribution in [0.4, 0.5) is 0 Å². The molecule has 0 aliphatic rings. The van der Waals surface area contributed by atoms with E-state index >= 15 is 0 Å². The molecule has 0 saturated carbocycles. The molecule has 0 unspecified atom stereocenters. The molecule has 1 heterocycles. The topological polar surface area (TPSA) is 75.6 Å². The van der Waals surface area contributed by atoms with Gasteiger partial charge in [0.2, 0.25) is 0 Å². The van der Waals surface area contributed by atoms with Crippen LogP contribution in [0.2, 0.25) is 0 Å². The third-order valence-electron chi connectivity index (χ3n) is 1.77. The summed E-state index contributed by atoms with van der Waals surface area (Å²) in [6.45, 7) is 2.00. The highest BCUT2D eigenvalue weighted by Gasteiger charge is 2.06. The molecule has 0 saturated heterocycles. The fraction of sp³-hybridized carbons (Fsp3) is 0.300. The van der Waals surface area contributed by atoms with Crippen LogP contribution in [0.1, 0.15) is 25.6 Å². The fourth-order valence-electron chi connectivity index (χ4n) is 1.07. The van der Waals surface area contributed by atoms with E-state index in [2.05, 4.69) is 16.0 Å². The Labute approximate surface area is 83.1 Å². The first-order chi connectivity index (χ1) is 6.79. The molecule has 0 atom stereocenters. The molecule has 0 amide bonds. The predicted octanol–water partition coefficient (Wildman–Crippen LogP) is 1.47. The number of hydrogen-bond acceptors (Lipinski definition) is 4. The lowest BCUT2D eigenvalue weighted by molar-refractivity contribution is 0.924. The number of rotatable bonds is 3. The third-order valence-corrected chi connectivity index (χ3v) is 1.77. The third kappa shape index (κ3) is 2.30. The highest BCUT2D eigenvalue weighted by atomic mass is 14.9. The Morgan fingerprint density at radius 2 is 2.14 bits per heavy atom. The Morgan fingerprint density at radius 1 is 1.50 bits per heavy atom. The molecule has 72 valence electrons. The standard InChI is InChI=1S/C10H12N4/c1-2-4-8(7-11)9(12)10-13-5-3-6-14-10/h3,5-6H,2,4,12H2,1H3/b9-8-. The Kier molecular flexibility index (Phi) is 3.62. The quantitative estimate of drug-likeness (QED) is 0.729. The van der Waals surface area contributed by atoms with E-state index in [-0.39, 0.29) is 0 Å². The van der Waals surface area contributed by atoms with Crippen molar-refractivity contribution < 1.29 is 0 Å². The molecule has 1 aromatic heterocycles. The molecule has 0 radical (unpaired) electrons. The van der Waals surface area contributed by atoms with Crippen molar-refractivity contribution in [3.05, 3.63) is 29.9 Å². The van der Waals surface area contributed by atoms with E-state index in [0.29, 0.717) is 23.5 Å². The average molecular weight is 188 g/mol. The Hall–Kier alpha value is -1.89. The smallest absolute Gasteiger partial charge is 0.176 e. The summed E-state index contributed by atoms with van der Waals surface area (Å²) in [4.78, 5) is 7.97. The molecular formula is C10H12N4. The van der Waals surface area contributed by atoms with Crippen LogP contribution < -0.4 is 5.73 Å². The maximum Gasteiger partial charge on any atom is 0.176 e. The summed E-state index contributed by atoms with van der Waals surface area (Å²) in [5.41, 5.74) is 6.71. The van der Waals surface area contributed by atoms with Crippen molar-refractivity contribution >= 4 is 5.70 Å². The number of nitrogens with two attached hydrogens (primary N) is 1. The Morgan fingerprint density at radius 3 is 2.64 bits per heavy atom. The van der Waals surface area contributed by atoms with Gasteiger partial charge in [0.05, 0.1) is 17.3 Å². The molecule has 0 aliphatic heterocycles. The first-order valence-corrected chi connectivity index (χ1v) is 4.45. The van der Waals surface area contributed by atoms with Crippen LogP contribution in [0.5, 0.6) is 0 Å². The lowest BCUT2D eigenvalue weighted by Gasteiger charge is -2.01. The number of aromatic nitrogens is 2. The van der Waals surface area contributed by atoms with Crippen molar-refractivity contribution in [3.8, 4) is 6.07 Å². The van der Waals surface area contributed by atoms with E-state index in [9.17, 15) is 0 Å². The number of nitriles is 1. The predicted molar refractivity (Wildman–Crippen MR) is 53.7 cm³/mol. The van der Waals surface area contributed by atoms with Crippen molar-refractivity contribution in [2.45, 2.75) is 19.8 Å². The van der Waals surface area contributed by atoms with E-state index in [4.69, 9.17) is 11.0 Å². The van der Waals surface area contributed by atoms with Crippen molar-refractivity contribution in [1.29, 1.82) is 5.26 Å². The van der Waals surface area contributed by atoms with Crippen LogP contribution in [0.3, 0.4) is 0 Å². The number of hydrogen-bond donors (Lipinski definition) is 1. The van der Waals surface area contributed by atoms with Gasteiger partial charge in [0, 0.05) is 12.4 Å². The van der Waals surface area contributed by atoms with Gasteiger partial charge in [0.25, 0.3) is 0 Å². The van der Waals surface area contributed by atoms with Gasteiger partial charge in [-0.1, -0.05) is 13.3 Å². The zero-order valence-electron chi connectivity index (χ0n) is 8.07. The maximum absolute atomic E-state index is 8.85. The first kappa shape index (κ1) is 10.2. The van der Waals surface area contributed by atoms with Gasteiger partial charge in [0.15, 0.2) is 5.82 Å². The van der Waals surface area contributed by atoms with Crippen LogP contribution in [-0.4, -0.2) is 9.97 Å². The van der Waals surface area contributed by atoms with E-state index in [1.54, 1.807) is 18.5 Å². The number of allylic oxidation sites excluding steroid dienone is 1. The maximum atomic E-state index is 8.85. The normalized spacial score (nSPS) is 11.7. The average Bonchev–Trinajstić information content (AvgIpc) is 2.26. The zero-order valence-corrected chi connectivity index (χ0v) is 8.07. The molecule has 14 heavy (non-hydrogen) atoms. The highest BCUT2D eigenvalue weighted by molar-refractivity contribution is 5.63. The molecule has 0 bridgehead atoms. The van der Waals surface area contributed by atoms with Crippen LogP contribution in [-0.2, 0) is 0 Å². The second kappa shape index (κ2) is 4.97. The molecule has 2 N–H and O–H groups in total. The van der Waals surface area contributed by atoms with Crippen LogP contribution >= 0.6 is 0 Å². The molecule has 1 aromatic rings. The summed E-state index contributed by atoms with van der Waals surface area (Å²) < 4.78 is 0. The van der Waals surface area contributed by atoms with E-state index in [1.807, 2.05) is 6.92 Å². The zero-order chi connectivity index (χ0) is 10.4. The molecule has 4 heteroatoms. The largest absolute Gasteiger partial charge is 0.395 e. The monoisotopic (exact) mass is 188 g/mol. The van der Waals surface area contributed by atoms with Gasteiger partial charge in [-0.25, -0.2) is 9.97 Å². The van der Waals surface area contributed by atoms with Gasteiger partial charge in [0.1, 0.15) is 0 Å². The van der Waals surface area contributed by atoms with Crippen LogP contribution in [0.15, 0.2) is 24.0 Å². The van der Waals surface area contributed by atoms with E-state index < -0.39 is 0 Å². The van der Waals surface area contributed by atoms with Crippen LogP contribution in [0, 0.1) is 11.3 Å². The minimum absolute atomic E-state index is 0.384. The van der Waals surface area contributed by atoms with Crippen molar-refractivity contribution in [2.75, 3.05) is 0 Å². The summed E-state index contributed by atoms with van der Waals surface area (Å²) >= 11 is 0. The molecule has 0 spiro atoms. The van der Waals surface area contributed by atoms with Gasteiger partial charge in [-0.05, 0) is 12.5 Å². The van der Waals surface area contributed by atoms with Crippen molar-refractivity contribution in [1.82, 2.24) is 9.97 Å². The molecule has 1 rings (SSSR count). The fourth-order valence-corrected chi connectivity index (χ4v) is 1.07. The molecular weight excluding hydrogens is 176 g/mol. The summed E-state index contributed by atoms with van der Waals surface area (Å²) in [6, 6.07) is 3.79. The lowest BCUT2D eigenvalue weighted by atomic mass is 10.1. The Balaban J connectivity index is 3.03. The van der Waals surface area contributed by atoms with Crippen LogP contribution in [0.25, 0.3) is 5.70 Å². The first-order valence-electron chi connectivity index (χ1n) is 4.45.